The van der Waals surface area contributed by atoms with E-state index in [0.29, 0.717) is 13.2 Å². The zero-order valence-corrected chi connectivity index (χ0v) is 11.8. The van der Waals surface area contributed by atoms with Crippen molar-refractivity contribution in [2.75, 3.05) is 6.61 Å². The summed E-state index contributed by atoms with van der Waals surface area (Å²) in [5.74, 6) is -0.964. The fraction of sp³-hybridized carbons (Fsp3) is 0.176. The third kappa shape index (κ3) is 2.79. The summed E-state index contributed by atoms with van der Waals surface area (Å²) in [7, 11) is 0. The summed E-state index contributed by atoms with van der Waals surface area (Å²) in [5.41, 5.74) is 2.12. The van der Waals surface area contributed by atoms with Crippen molar-refractivity contribution >= 4 is 12.1 Å². The van der Waals surface area contributed by atoms with Gasteiger partial charge in [0.05, 0.1) is 11.6 Å². The van der Waals surface area contributed by atoms with E-state index in [2.05, 4.69) is 0 Å². The van der Waals surface area contributed by atoms with Crippen molar-refractivity contribution in [3.63, 3.8) is 0 Å². The van der Waals surface area contributed by atoms with Crippen LogP contribution in [0, 0.1) is 0 Å². The average Bonchev–Trinajstić information content (AvgIpc) is 2.90. The molecule has 0 saturated carbocycles. The molecule has 112 valence electrons. The number of aromatic carboxylic acids is 1. The molecule has 1 aliphatic heterocycles. The Kier molecular flexibility index (Phi) is 3.78. The van der Waals surface area contributed by atoms with E-state index in [0.717, 1.165) is 11.1 Å². The van der Waals surface area contributed by atoms with E-state index in [4.69, 9.17) is 9.84 Å². The Balaban J connectivity index is 1.80. The molecule has 0 unspecified atom stereocenters. The summed E-state index contributed by atoms with van der Waals surface area (Å²) in [6.07, 6.45) is -0.351. The number of carboxylic acid groups (broad SMARTS) is 1. The van der Waals surface area contributed by atoms with Crippen molar-refractivity contribution in [2.45, 2.75) is 12.6 Å². The molecule has 2 aromatic carbocycles. The smallest absolute Gasteiger partial charge is 0.410 e. The Morgan fingerprint density at radius 3 is 2.45 bits per heavy atom. The van der Waals surface area contributed by atoms with E-state index in [9.17, 15) is 9.59 Å². The Labute approximate surface area is 127 Å². The molecule has 1 amide bonds. The lowest BCUT2D eigenvalue weighted by atomic mass is 10.1. The number of hydrogen-bond acceptors (Lipinski definition) is 3. The molecule has 5 heteroatoms. The number of amides is 1. The quantitative estimate of drug-likeness (QED) is 0.941. The van der Waals surface area contributed by atoms with Gasteiger partial charge in [0.15, 0.2) is 0 Å². The normalized spacial score (nSPS) is 17.4. The van der Waals surface area contributed by atoms with E-state index in [1.54, 1.807) is 17.0 Å². The molecular formula is C17H15NO4. The Bertz CT molecular complexity index is 682. The van der Waals surface area contributed by atoms with Crippen LogP contribution in [0.25, 0.3) is 0 Å². The van der Waals surface area contributed by atoms with Crippen LogP contribution in [-0.2, 0) is 11.3 Å². The Morgan fingerprint density at radius 2 is 1.82 bits per heavy atom. The number of nitrogens with zero attached hydrogens (tertiary/aromatic N) is 1. The second-order valence-corrected chi connectivity index (χ2v) is 5.13. The number of hydrogen-bond donors (Lipinski definition) is 1. The van der Waals surface area contributed by atoms with Gasteiger partial charge in [-0.25, -0.2) is 9.59 Å². The summed E-state index contributed by atoms with van der Waals surface area (Å²) in [6, 6.07) is 16.1. The van der Waals surface area contributed by atoms with Gasteiger partial charge in [-0.3, -0.25) is 4.90 Å². The lowest BCUT2D eigenvalue weighted by Gasteiger charge is -2.21. The predicted molar refractivity (Wildman–Crippen MR) is 79.5 cm³/mol. The van der Waals surface area contributed by atoms with Gasteiger partial charge in [0.25, 0.3) is 0 Å². The molecule has 1 N–H and O–H groups in total. The molecule has 0 aromatic heterocycles. The number of carbonyl (C=O) groups is 2. The fourth-order valence-corrected chi connectivity index (χ4v) is 2.53. The Morgan fingerprint density at radius 1 is 1.14 bits per heavy atom. The molecule has 0 radical (unpaired) electrons. The standard InChI is InChI=1S/C17H15NO4/c19-16(20)14-8-6-12(7-9-14)10-18-15(11-22-17(18)21)13-4-2-1-3-5-13/h1-9,15H,10-11H2,(H,19,20)/t15-/m1/s1. The second kappa shape index (κ2) is 5.89. The molecule has 1 atom stereocenters. The van der Waals surface area contributed by atoms with Crippen molar-refractivity contribution in [3.8, 4) is 0 Å². The van der Waals surface area contributed by atoms with Crippen molar-refractivity contribution in [3.05, 3.63) is 71.3 Å². The van der Waals surface area contributed by atoms with Gasteiger partial charge < -0.3 is 9.84 Å². The number of carboxylic acids is 1. The molecule has 1 fully saturated rings. The highest BCUT2D eigenvalue weighted by Crippen LogP contribution is 2.29. The van der Waals surface area contributed by atoms with Crippen LogP contribution in [0.3, 0.4) is 0 Å². The second-order valence-electron chi connectivity index (χ2n) is 5.13. The molecule has 1 heterocycles. The molecule has 3 rings (SSSR count). The monoisotopic (exact) mass is 297 g/mol. The molecule has 2 aromatic rings. The van der Waals surface area contributed by atoms with Crippen molar-refractivity contribution in [1.29, 1.82) is 0 Å². The van der Waals surface area contributed by atoms with Crippen LogP contribution in [0.2, 0.25) is 0 Å². The van der Waals surface area contributed by atoms with Crippen LogP contribution in [0.15, 0.2) is 54.6 Å². The topological polar surface area (TPSA) is 66.8 Å². The number of carbonyl (C=O) groups excluding carboxylic acids is 1. The highest BCUT2D eigenvalue weighted by molar-refractivity contribution is 5.87. The average molecular weight is 297 g/mol. The van der Waals surface area contributed by atoms with Gasteiger partial charge in [-0.2, -0.15) is 0 Å². The first kappa shape index (κ1) is 14.1. The summed E-state index contributed by atoms with van der Waals surface area (Å²) in [6.45, 7) is 0.717. The lowest BCUT2D eigenvalue weighted by Crippen LogP contribution is -2.27. The maximum absolute atomic E-state index is 11.9. The third-order valence-corrected chi connectivity index (χ3v) is 3.71. The van der Waals surface area contributed by atoms with Gasteiger partial charge in [0, 0.05) is 6.54 Å². The van der Waals surface area contributed by atoms with Crippen LogP contribution in [0.4, 0.5) is 4.79 Å². The van der Waals surface area contributed by atoms with E-state index >= 15 is 0 Å². The Hall–Kier alpha value is -2.82. The zero-order valence-electron chi connectivity index (χ0n) is 11.8. The molecule has 0 aliphatic carbocycles. The van der Waals surface area contributed by atoms with Gasteiger partial charge in [-0.05, 0) is 23.3 Å². The molecule has 0 bridgehead atoms. The van der Waals surface area contributed by atoms with E-state index in [1.807, 2.05) is 30.3 Å². The number of ether oxygens (including phenoxy) is 1. The highest BCUT2D eigenvalue weighted by atomic mass is 16.6. The summed E-state index contributed by atoms with van der Waals surface area (Å²) < 4.78 is 5.16. The van der Waals surface area contributed by atoms with Crippen molar-refractivity contribution in [1.82, 2.24) is 4.90 Å². The first-order chi connectivity index (χ1) is 10.6. The molecule has 22 heavy (non-hydrogen) atoms. The van der Waals surface area contributed by atoms with Crippen LogP contribution < -0.4 is 0 Å². The third-order valence-electron chi connectivity index (χ3n) is 3.71. The molecule has 0 spiro atoms. The van der Waals surface area contributed by atoms with Gasteiger partial charge in [-0.15, -0.1) is 0 Å². The molecule has 5 nitrogen and oxygen atoms in total. The maximum Gasteiger partial charge on any atom is 0.410 e. The molecule has 1 aliphatic rings. The van der Waals surface area contributed by atoms with Crippen molar-refractivity contribution < 1.29 is 19.4 Å². The SMILES string of the molecule is O=C(O)c1ccc(CN2C(=O)OC[C@@H]2c2ccccc2)cc1. The predicted octanol–water partition coefficient (Wildman–Crippen LogP) is 3.08. The van der Waals surface area contributed by atoms with Crippen LogP contribution >= 0.6 is 0 Å². The van der Waals surface area contributed by atoms with Crippen LogP contribution in [-0.4, -0.2) is 28.7 Å². The van der Waals surface area contributed by atoms with E-state index in [-0.39, 0.29) is 17.7 Å². The minimum absolute atomic E-state index is 0.118. The minimum Gasteiger partial charge on any atom is -0.478 e. The van der Waals surface area contributed by atoms with E-state index < -0.39 is 5.97 Å². The fourth-order valence-electron chi connectivity index (χ4n) is 2.53. The maximum atomic E-state index is 11.9. The van der Waals surface area contributed by atoms with Gasteiger partial charge in [-0.1, -0.05) is 42.5 Å². The largest absolute Gasteiger partial charge is 0.478 e. The van der Waals surface area contributed by atoms with Gasteiger partial charge in [0.1, 0.15) is 6.61 Å². The van der Waals surface area contributed by atoms with Gasteiger partial charge in [0.2, 0.25) is 0 Å². The number of benzene rings is 2. The highest BCUT2D eigenvalue weighted by Gasteiger charge is 2.33. The molecule has 1 saturated heterocycles. The van der Waals surface area contributed by atoms with Crippen LogP contribution in [0.1, 0.15) is 27.5 Å². The first-order valence-corrected chi connectivity index (χ1v) is 6.96. The molecular weight excluding hydrogens is 282 g/mol. The van der Waals surface area contributed by atoms with E-state index in [1.165, 1.54) is 12.1 Å². The number of cyclic esters (lactones) is 1. The number of rotatable bonds is 4. The summed E-state index contributed by atoms with van der Waals surface area (Å²) >= 11 is 0. The minimum atomic E-state index is -0.964. The van der Waals surface area contributed by atoms with Gasteiger partial charge >= 0.3 is 12.1 Å². The zero-order chi connectivity index (χ0) is 15.5. The van der Waals surface area contributed by atoms with Crippen LogP contribution in [0.5, 0.6) is 0 Å². The van der Waals surface area contributed by atoms with Crippen molar-refractivity contribution in [2.24, 2.45) is 0 Å². The first-order valence-electron chi connectivity index (χ1n) is 6.96. The summed E-state index contributed by atoms with van der Waals surface area (Å²) in [4.78, 5) is 24.5. The lowest BCUT2D eigenvalue weighted by molar-refractivity contribution is 0.0696. The summed E-state index contributed by atoms with van der Waals surface area (Å²) in [5, 5.41) is 8.91.